The van der Waals surface area contributed by atoms with Gasteiger partial charge in [-0.25, -0.2) is 0 Å². The van der Waals surface area contributed by atoms with Crippen LogP contribution in [0.2, 0.25) is 0 Å². The molecule has 1 unspecified atom stereocenters. The molecule has 0 amide bonds. The van der Waals surface area contributed by atoms with Crippen molar-refractivity contribution in [3.05, 3.63) is 0 Å². The van der Waals surface area contributed by atoms with Gasteiger partial charge < -0.3 is 9.84 Å². The summed E-state index contributed by atoms with van der Waals surface area (Å²) in [6.45, 7) is 2.32. The van der Waals surface area contributed by atoms with Crippen LogP contribution in [0.5, 0.6) is 0 Å². The predicted molar refractivity (Wildman–Crippen MR) is 59.5 cm³/mol. The average molecular weight is 220 g/mol. The molecule has 0 aliphatic carbocycles. The molecule has 0 spiro atoms. The minimum Gasteiger partial charge on any atom is -0.469 e. The predicted octanol–water partition coefficient (Wildman–Crippen LogP) is 1.83. The Labute approximate surface area is 90.2 Å². The van der Waals surface area contributed by atoms with Crippen LogP contribution >= 0.6 is 11.8 Å². The number of ether oxygens (including phenoxy) is 1. The van der Waals surface area contributed by atoms with Crippen LogP contribution in [-0.2, 0) is 9.53 Å². The molecular formula is C10H20O3S. The van der Waals surface area contributed by atoms with Gasteiger partial charge in [-0.05, 0) is 18.6 Å². The minimum absolute atomic E-state index is 0.139. The van der Waals surface area contributed by atoms with Gasteiger partial charge in [-0.3, -0.25) is 4.79 Å². The van der Waals surface area contributed by atoms with Crippen LogP contribution in [0.25, 0.3) is 0 Å². The van der Waals surface area contributed by atoms with Crippen LogP contribution in [0, 0.1) is 0 Å². The molecule has 0 aliphatic rings. The molecule has 4 heteroatoms. The number of carbonyl (C=O) groups is 1. The number of hydrogen-bond donors (Lipinski definition) is 1. The molecule has 0 saturated carbocycles. The molecule has 0 bridgehead atoms. The molecular weight excluding hydrogens is 200 g/mol. The Morgan fingerprint density at radius 3 is 2.71 bits per heavy atom. The Morgan fingerprint density at radius 2 is 2.14 bits per heavy atom. The van der Waals surface area contributed by atoms with Crippen LogP contribution in [0.15, 0.2) is 0 Å². The van der Waals surface area contributed by atoms with E-state index >= 15 is 0 Å². The zero-order chi connectivity index (χ0) is 10.8. The van der Waals surface area contributed by atoms with Gasteiger partial charge in [-0.2, -0.15) is 11.8 Å². The third-order valence-electron chi connectivity index (χ3n) is 1.89. The summed E-state index contributed by atoms with van der Waals surface area (Å²) in [6.07, 6.45) is 3.54. The van der Waals surface area contributed by atoms with E-state index in [1.54, 1.807) is 11.8 Å². The first-order chi connectivity index (χ1) is 6.70. The van der Waals surface area contributed by atoms with Gasteiger partial charge in [0.2, 0.25) is 0 Å². The van der Waals surface area contributed by atoms with Crippen molar-refractivity contribution in [3.8, 4) is 0 Å². The SMILES string of the molecule is COC(=O)CC(C)SCCCCCO. The highest BCUT2D eigenvalue weighted by molar-refractivity contribution is 7.99. The van der Waals surface area contributed by atoms with Crippen molar-refractivity contribution in [2.75, 3.05) is 19.5 Å². The lowest BCUT2D eigenvalue weighted by molar-refractivity contribution is -0.140. The quantitative estimate of drug-likeness (QED) is 0.501. The molecule has 0 rings (SSSR count). The molecule has 0 aromatic carbocycles. The van der Waals surface area contributed by atoms with Crippen LogP contribution in [0.4, 0.5) is 0 Å². The Bertz CT molecular complexity index is 150. The van der Waals surface area contributed by atoms with Gasteiger partial charge in [0.1, 0.15) is 0 Å². The van der Waals surface area contributed by atoms with Crippen molar-refractivity contribution in [1.29, 1.82) is 0 Å². The zero-order valence-electron chi connectivity index (χ0n) is 8.99. The fourth-order valence-electron chi connectivity index (χ4n) is 1.05. The molecule has 0 saturated heterocycles. The van der Waals surface area contributed by atoms with E-state index in [2.05, 4.69) is 4.74 Å². The first kappa shape index (κ1) is 13.8. The molecule has 1 atom stereocenters. The average Bonchev–Trinajstić information content (AvgIpc) is 2.17. The van der Waals surface area contributed by atoms with E-state index in [4.69, 9.17) is 5.11 Å². The normalized spacial score (nSPS) is 12.5. The van der Waals surface area contributed by atoms with Gasteiger partial charge in [-0.15, -0.1) is 0 Å². The number of unbranched alkanes of at least 4 members (excludes halogenated alkanes) is 2. The van der Waals surface area contributed by atoms with Crippen LogP contribution < -0.4 is 0 Å². The van der Waals surface area contributed by atoms with Gasteiger partial charge in [0.15, 0.2) is 0 Å². The van der Waals surface area contributed by atoms with Crippen LogP contribution in [-0.4, -0.2) is 35.8 Å². The van der Waals surface area contributed by atoms with E-state index in [9.17, 15) is 4.79 Å². The topological polar surface area (TPSA) is 46.5 Å². The third-order valence-corrected chi connectivity index (χ3v) is 3.15. The van der Waals surface area contributed by atoms with Gasteiger partial charge in [0, 0.05) is 11.9 Å². The Balaban J connectivity index is 3.26. The summed E-state index contributed by atoms with van der Waals surface area (Å²) in [5.74, 6) is 0.915. The molecule has 0 aromatic heterocycles. The number of aliphatic hydroxyl groups is 1. The second-order valence-corrected chi connectivity index (χ2v) is 4.79. The Morgan fingerprint density at radius 1 is 1.43 bits per heavy atom. The van der Waals surface area contributed by atoms with Crippen molar-refractivity contribution >= 4 is 17.7 Å². The largest absolute Gasteiger partial charge is 0.469 e. The Kier molecular flexibility index (Phi) is 9.19. The third kappa shape index (κ3) is 8.38. The van der Waals surface area contributed by atoms with Crippen LogP contribution in [0.1, 0.15) is 32.6 Å². The molecule has 1 N–H and O–H groups in total. The number of hydrogen-bond acceptors (Lipinski definition) is 4. The summed E-state index contributed by atoms with van der Waals surface area (Å²) < 4.78 is 4.58. The van der Waals surface area contributed by atoms with Gasteiger partial charge >= 0.3 is 5.97 Å². The molecule has 0 heterocycles. The summed E-state index contributed by atoms with van der Waals surface area (Å²) in [4.78, 5) is 10.9. The summed E-state index contributed by atoms with van der Waals surface area (Å²) in [5.41, 5.74) is 0. The molecule has 3 nitrogen and oxygen atoms in total. The lowest BCUT2D eigenvalue weighted by atomic mass is 10.3. The van der Waals surface area contributed by atoms with Crippen molar-refractivity contribution in [2.24, 2.45) is 0 Å². The number of methoxy groups -OCH3 is 1. The molecule has 14 heavy (non-hydrogen) atoms. The molecule has 0 radical (unpaired) electrons. The zero-order valence-corrected chi connectivity index (χ0v) is 9.81. The van der Waals surface area contributed by atoms with E-state index in [1.807, 2.05) is 6.92 Å². The molecule has 84 valence electrons. The van der Waals surface area contributed by atoms with E-state index in [1.165, 1.54) is 7.11 Å². The van der Waals surface area contributed by atoms with Crippen LogP contribution in [0.3, 0.4) is 0 Å². The molecule has 0 aromatic rings. The van der Waals surface area contributed by atoms with E-state index < -0.39 is 0 Å². The fraction of sp³-hybridized carbons (Fsp3) is 0.900. The first-order valence-corrected chi connectivity index (χ1v) is 6.05. The maximum absolute atomic E-state index is 10.9. The number of aliphatic hydroxyl groups excluding tert-OH is 1. The lowest BCUT2D eigenvalue weighted by Gasteiger charge is -2.08. The fourth-order valence-corrected chi connectivity index (χ4v) is 2.08. The molecule has 0 aliphatic heterocycles. The number of rotatable bonds is 8. The lowest BCUT2D eigenvalue weighted by Crippen LogP contribution is -2.09. The first-order valence-electron chi connectivity index (χ1n) is 5.00. The summed E-state index contributed by atoms with van der Waals surface area (Å²) >= 11 is 1.79. The highest BCUT2D eigenvalue weighted by Crippen LogP contribution is 2.16. The highest BCUT2D eigenvalue weighted by atomic mass is 32.2. The smallest absolute Gasteiger partial charge is 0.306 e. The summed E-state index contributed by atoms with van der Waals surface area (Å²) in [5, 5.41) is 8.89. The van der Waals surface area contributed by atoms with E-state index in [-0.39, 0.29) is 12.6 Å². The number of carbonyl (C=O) groups excluding carboxylic acids is 1. The van der Waals surface area contributed by atoms with Crippen molar-refractivity contribution in [3.63, 3.8) is 0 Å². The second kappa shape index (κ2) is 9.34. The number of esters is 1. The van der Waals surface area contributed by atoms with Gasteiger partial charge in [0.05, 0.1) is 13.5 Å². The maximum atomic E-state index is 10.9. The highest BCUT2D eigenvalue weighted by Gasteiger charge is 2.08. The van der Waals surface area contributed by atoms with E-state index in [0.29, 0.717) is 11.7 Å². The Hall–Kier alpha value is -0.220. The van der Waals surface area contributed by atoms with Crippen molar-refractivity contribution in [2.45, 2.75) is 37.9 Å². The number of thioether (sulfide) groups is 1. The van der Waals surface area contributed by atoms with Crippen molar-refractivity contribution < 1.29 is 14.6 Å². The molecule has 0 fully saturated rings. The van der Waals surface area contributed by atoms with Crippen molar-refractivity contribution in [1.82, 2.24) is 0 Å². The van der Waals surface area contributed by atoms with Gasteiger partial charge in [-0.1, -0.05) is 13.3 Å². The standard InChI is InChI=1S/C10H20O3S/c1-9(8-10(12)13-2)14-7-5-3-4-6-11/h9,11H,3-8H2,1-2H3. The monoisotopic (exact) mass is 220 g/mol. The summed E-state index contributed by atoms with van der Waals surface area (Å²) in [6, 6.07) is 0. The summed E-state index contributed by atoms with van der Waals surface area (Å²) in [7, 11) is 1.42. The van der Waals surface area contributed by atoms with Gasteiger partial charge in [0.25, 0.3) is 0 Å². The maximum Gasteiger partial charge on any atom is 0.306 e. The van der Waals surface area contributed by atoms with E-state index in [0.717, 1.165) is 25.0 Å². The minimum atomic E-state index is -0.139. The second-order valence-electron chi connectivity index (χ2n) is 3.25.